The van der Waals surface area contributed by atoms with Crippen LogP contribution in [-0.2, 0) is 0 Å². The van der Waals surface area contributed by atoms with E-state index in [0.29, 0.717) is 0 Å². The van der Waals surface area contributed by atoms with Crippen LogP contribution < -0.4 is 4.90 Å². The second-order valence-electron chi connectivity index (χ2n) is 12.5. The second-order valence-corrected chi connectivity index (χ2v) is 12.5. The van der Waals surface area contributed by atoms with E-state index in [0.717, 1.165) is 17.1 Å². The normalized spacial score (nSPS) is 11.3. The summed E-state index contributed by atoms with van der Waals surface area (Å²) in [5.41, 5.74) is 10.6. The third-order valence-corrected chi connectivity index (χ3v) is 9.65. The Hall–Kier alpha value is -6.44. The van der Waals surface area contributed by atoms with Crippen LogP contribution in [0.4, 0.5) is 17.1 Å². The molecule has 1 heteroatoms. The average Bonchev–Trinajstić information content (AvgIpc) is 3.19. The fourth-order valence-corrected chi connectivity index (χ4v) is 7.30. The molecule has 0 saturated heterocycles. The molecule has 0 aliphatic carbocycles. The summed E-state index contributed by atoms with van der Waals surface area (Å²) >= 11 is 0. The summed E-state index contributed by atoms with van der Waals surface area (Å²) in [6.45, 7) is 0. The minimum Gasteiger partial charge on any atom is -0.310 e. The SMILES string of the molecule is c1ccc(-c2ccc(N(c3ccccc3)c3ccc(-c4cccc5ccc6c7ccccc7ccc6c45)cc3)c(-c3ccccc3)c2)cc1. The molecule has 0 radical (unpaired) electrons. The number of nitrogens with zero attached hydrogens (tertiary/aromatic N) is 1. The van der Waals surface area contributed by atoms with Gasteiger partial charge >= 0.3 is 0 Å². The molecule has 0 heterocycles. The molecule has 0 amide bonds. The minimum absolute atomic E-state index is 1.11. The van der Waals surface area contributed by atoms with Crippen LogP contribution in [0.3, 0.4) is 0 Å². The molecule has 0 aliphatic rings. The van der Waals surface area contributed by atoms with Crippen LogP contribution >= 0.6 is 0 Å². The minimum atomic E-state index is 1.11. The van der Waals surface area contributed by atoms with Gasteiger partial charge in [0.05, 0.1) is 5.69 Å². The number of benzene rings is 9. The number of hydrogen-bond acceptors (Lipinski definition) is 1. The standard InChI is InChI=1S/C48H33N/c1-4-13-34(14-5-1)39-27-32-47(46(33-39)35-15-6-2-7-16-35)49(40-19-8-3-9-20-40)41-28-23-37(24-29-41)43-22-12-18-38-26-30-44-42-21-11-10-17-36(42)25-31-45(44)48(38)43/h1-33H. The van der Waals surface area contributed by atoms with Crippen molar-refractivity contribution < 1.29 is 0 Å². The number of para-hydroxylation sites is 1. The first-order chi connectivity index (χ1) is 24.3. The van der Waals surface area contributed by atoms with Gasteiger partial charge < -0.3 is 4.90 Å². The number of rotatable bonds is 6. The van der Waals surface area contributed by atoms with Gasteiger partial charge in [-0.1, -0.05) is 164 Å². The summed E-state index contributed by atoms with van der Waals surface area (Å²) in [6, 6.07) is 72.4. The summed E-state index contributed by atoms with van der Waals surface area (Å²) in [6.07, 6.45) is 0. The number of fused-ring (bicyclic) bond motifs is 5. The fraction of sp³-hybridized carbons (Fsp3) is 0. The van der Waals surface area contributed by atoms with Crippen LogP contribution in [0.1, 0.15) is 0 Å². The monoisotopic (exact) mass is 623 g/mol. The van der Waals surface area contributed by atoms with Gasteiger partial charge in [0.2, 0.25) is 0 Å². The first-order valence-corrected chi connectivity index (χ1v) is 16.9. The molecule has 1 nitrogen and oxygen atoms in total. The molecule has 9 rings (SSSR count). The van der Waals surface area contributed by atoms with Crippen LogP contribution in [0.2, 0.25) is 0 Å². The van der Waals surface area contributed by atoms with Crippen LogP contribution in [0.5, 0.6) is 0 Å². The molecule has 0 aliphatic heterocycles. The highest BCUT2D eigenvalue weighted by atomic mass is 15.1. The molecule has 0 unspecified atom stereocenters. The lowest BCUT2D eigenvalue weighted by Gasteiger charge is -2.28. The van der Waals surface area contributed by atoms with Gasteiger partial charge in [0.25, 0.3) is 0 Å². The van der Waals surface area contributed by atoms with Crippen LogP contribution in [0, 0.1) is 0 Å². The van der Waals surface area contributed by atoms with Gasteiger partial charge in [0.15, 0.2) is 0 Å². The molecule has 0 bridgehead atoms. The fourth-order valence-electron chi connectivity index (χ4n) is 7.30. The van der Waals surface area contributed by atoms with E-state index in [1.807, 2.05) is 0 Å². The Bertz CT molecular complexity index is 2570. The topological polar surface area (TPSA) is 3.24 Å². The zero-order chi connectivity index (χ0) is 32.6. The van der Waals surface area contributed by atoms with Gasteiger partial charge in [0, 0.05) is 16.9 Å². The summed E-state index contributed by atoms with van der Waals surface area (Å²) in [4.78, 5) is 2.38. The van der Waals surface area contributed by atoms with Crippen molar-refractivity contribution >= 4 is 49.4 Å². The van der Waals surface area contributed by atoms with E-state index in [1.165, 1.54) is 65.7 Å². The molecule has 9 aromatic carbocycles. The smallest absolute Gasteiger partial charge is 0.0540 e. The van der Waals surface area contributed by atoms with E-state index >= 15 is 0 Å². The van der Waals surface area contributed by atoms with E-state index in [1.54, 1.807) is 0 Å². The van der Waals surface area contributed by atoms with Gasteiger partial charge in [-0.3, -0.25) is 0 Å². The maximum absolute atomic E-state index is 2.38. The average molecular weight is 624 g/mol. The van der Waals surface area contributed by atoms with E-state index in [-0.39, 0.29) is 0 Å². The van der Waals surface area contributed by atoms with E-state index in [2.05, 4.69) is 205 Å². The molecule has 0 spiro atoms. The van der Waals surface area contributed by atoms with Crippen molar-refractivity contribution in [3.63, 3.8) is 0 Å². The molecular formula is C48H33N. The first kappa shape index (κ1) is 28.8. The highest BCUT2D eigenvalue weighted by molar-refractivity contribution is 6.20. The van der Waals surface area contributed by atoms with E-state index < -0.39 is 0 Å². The van der Waals surface area contributed by atoms with Crippen LogP contribution in [-0.4, -0.2) is 0 Å². The van der Waals surface area contributed by atoms with Crippen molar-refractivity contribution in [3.05, 3.63) is 200 Å². The van der Waals surface area contributed by atoms with Gasteiger partial charge in [-0.2, -0.15) is 0 Å². The Labute approximate surface area is 287 Å². The van der Waals surface area contributed by atoms with Crippen LogP contribution in [0.15, 0.2) is 200 Å². The third kappa shape index (κ3) is 5.23. The Morgan fingerprint density at radius 1 is 0.286 bits per heavy atom. The Balaban J connectivity index is 1.20. The Morgan fingerprint density at radius 3 is 1.63 bits per heavy atom. The first-order valence-electron chi connectivity index (χ1n) is 16.9. The summed E-state index contributed by atoms with van der Waals surface area (Å²) in [5, 5.41) is 7.68. The molecule has 230 valence electrons. The van der Waals surface area contributed by atoms with Crippen LogP contribution in [0.25, 0.3) is 65.7 Å². The highest BCUT2D eigenvalue weighted by Gasteiger charge is 2.19. The Kier molecular flexibility index (Phi) is 7.22. The summed E-state index contributed by atoms with van der Waals surface area (Å²) < 4.78 is 0. The van der Waals surface area contributed by atoms with Crippen molar-refractivity contribution in [1.29, 1.82) is 0 Å². The van der Waals surface area contributed by atoms with Crippen molar-refractivity contribution in [2.24, 2.45) is 0 Å². The molecule has 0 fully saturated rings. The van der Waals surface area contributed by atoms with Crippen molar-refractivity contribution in [2.75, 3.05) is 4.90 Å². The van der Waals surface area contributed by atoms with Gasteiger partial charge in [0.1, 0.15) is 0 Å². The lowest BCUT2D eigenvalue weighted by Crippen LogP contribution is -2.11. The number of hydrogen-bond donors (Lipinski definition) is 0. The van der Waals surface area contributed by atoms with Gasteiger partial charge in [-0.15, -0.1) is 0 Å². The largest absolute Gasteiger partial charge is 0.310 e. The molecule has 0 saturated carbocycles. The summed E-state index contributed by atoms with van der Waals surface area (Å²) in [5.74, 6) is 0. The molecule has 0 atom stereocenters. The second kappa shape index (κ2) is 12.3. The quantitative estimate of drug-likeness (QED) is 0.167. The lowest BCUT2D eigenvalue weighted by atomic mass is 9.91. The third-order valence-electron chi connectivity index (χ3n) is 9.65. The zero-order valence-electron chi connectivity index (χ0n) is 27.0. The molecule has 0 aromatic heterocycles. The van der Waals surface area contributed by atoms with Crippen molar-refractivity contribution in [3.8, 4) is 33.4 Å². The van der Waals surface area contributed by atoms with E-state index in [9.17, 15) is 0 Å². The lowest BCUT2D eigenvalue weighted by molar-refractivity contribution is 1.28. The number of anilines is 3. The maximum Gasteiger partial charge on any atom is 0.0540 e. The van der Waals surface area contributed by atoms with Crippen molar-refractivity contribution in [2.45, 2.75) is 0 Å². The molecule has 9 aromatic rings. The molecule has 49 heavy (non-hydrogen) atoms. The van der Waals surface area contributed by atoms with Gasteiger partial charge in [-0.25, -0.2) is 0 Å². The molecular weight excluding hydrogens is 591 g/mol. The van der Waals surface area contributed by atoms with E-state index in [4.69, 9.17) is 0 Å². The molecule has 0 N–H and O–H groups in total. The zero-order valence-corrected chi connectivity index (χ0v) is 27.0. The Morgan fingerprint density at radius 2 is 0.857 bits per heavy atom. The van der Waals surface area contributed by atoms with Crippen molar-refractivity contribution in [1.82, 2.24) is 0 Å². The highest BCUT2D eigenvalue weighted by Crippen LogP contribution is 2.44. The predicted molar refractivity (Wildman–Crippen MR) is 210 cm³/mol. The predicted octanol–water partition coefficient (Wildman–Crippen LogP) is 13.6. The van der Waals surface area contributed by atoms with Gasteiger partial charge in [-0.05, 0) is 96.5 Å². The summed E-state index contributed by atoms with van der Waals surface area (Å²) in [7, 11) is 0. The maximum atomic E-state index is 2.38.